The molecule has 0 saturated carbocycles. The summed E-state index contributed by atoms with van der Waals surface area (Å²) in [5, 5.41) is 15.0. The second-order valence-electron chi connectivity index (χ2n) is 6.75. The van der Waals surface area contributed by atoms with Crippen molar-refractivity contribution in [2.24, 2.45) is 5.16 Å². The van der Waals surface area contributed by atoms with E-state index in [0.29, 0.717) is 18.0 Å². The monoisotopic (exact) mass is 290 g/mol. The number of oxime groups is 1. The van der Waals surface area contributed by atoms with Gasteiger partial charge >= 0.3 is 0 Å². The predicted octanol–water partition coefficient (Wildman–Crippen LogP) is 1.55. The summed E-state index contributed by atoms with van der Waals surface area (Å²) in [6.07, 6.45) is 5.63. The summed E-state index contributed by atoms with van der Waals surface area (Å²) in [6, 6.07) is 1.70. The average molecular weight is 290 g/mol. The summed E-state index contributed by atoms with van der Waals surface area (Å²) in [7, 11) is 0. The van der Waals surface area contributed by atoms with Gasteiger partial charge in [-0.1, -0.05) is 5.16 Å². The molecular weight excluding hydrogens is 268 g/mol. The number of likely N-dealkylation sites (tertiary alicyclic amines) is 1. The molecule has 3 heterocycles. The van der Waals surface area contributed by atoms with Crippen LogP contribution in [0.1, 0.15) is 45.9 Å². The molecule has 0 spiro atoms. The smallest absolute Gasteiger partial charge is 0.255 e. The van der Waals surface area contributed by atoms with E-state index in [2.05, 4.69) is 40.8 Å². The van der Waals surface area contributed by atoms with E-state index in [1.165, 1.54) is 0 Å². The molecule has 1 aromatic heterocycles. The molecule has 0 unspecified atom stereocenters. The second-order valence-corrected chi connectivity index (χ2v) is 6.75. The van der Waals surface area contributed by atoms with Crippen LogP contribution in [0.3, 0.4) is 0 Å². The van der Waals surface area contributed by atoms with Gasteiger partial charge in [0.15, 0.2) is 5.82 Å². The molecule has 0 radical (unpaired) electrons. The first-order valence-corrected chi connectivity index (χ1v) is 7.42. The van der Waals surface area contributed by atoms with Crippen LogP contribution in [0.2, 0.25) is 0 Å². The van der Waals surface area contributed by atoms with Gasteiger partial charge in [0.2, 0.25) is 0 Å². The van der Waals surface area contributed by atoms with Crippen LogP contribution in [0, 0.1) is 0 Å². The van der Waals surface area contributed by atoms with E-state index in [1.54, 1.807) is 18.5 Å². The summed E-state index contributed by atoms with van der Waals surface area (Å²) in [4.78, 5) is 16.1. The van der Waals surface area contributed by atoms with Crippen molar-refractivity contribution < 1.29 is 9.94 Å². The van der Waals surface area contributed by atoms with Crippen LogP contribution in [0.25, 0.3) is 0 Å². The van der Waals surface area contributed by atoms with Crippen molar-refractivity contribution in [3.63, 3.8) is 0 Å². The molecular formula is C15H22N4O2. The van der Waals surface area contributed by atoms with Gasteiger partial charge in [-0.2, -0.15) is 0 Å². The molecule has 6 nitrogen and oxygen atoms in total. The van der Waals surface area contributed by atoms with Crippen molar-refractivity contribution in [1.82, 2.24) is 14.9 Å². The Labute approximate surface area is 124 Å². The van der Waals surface area contributed by atoms with E-state index in [0.717, 1.165) is 19.4 Å². The minimum Gasteiger partial charge on any atom is -0.358 e. The van der Waals surface area contributed by atoms with E-state index >= 15 is 0 Å². The lowest BCUT2D eigenvalue weighted by molar-refractivity contribution is -0.226. The van der Waals surface area contributed by atoms with Crippen LogP contribution >= 0.6 is 0 Å². The van der Waals surface area contributed by atoms with E-state index in [-0.39, 0.29) is 11.6 Å². The van der Waals surface area contributed by atoms with Crippen LogP contribution in [-0.4, -0.2) is 49.6 Å². The second kappa shape index (κ2) is 5.03. The molecule has 1 N–H and O–H groups in total. The minimum atomic E-state index is -1.28. The van der Waals surface area contributed by atoms with E-state index in [1.807, 2.05) is 0 Å². The number of aromatic nitrogens is 2. The van der Waals surface area contributed by atoms with Crippen LogP contribution in [0.4, 0.5) is 0 Å². The standard InChI is InChI=1S/C15H22N4O2/c1-14(2,3)19-9-4-6-12(19)15(20)10-11(18-21-15)13-16-7-5-8-17-13/h5,7-8,12,20H,4,6,9-10H2,1-3H3/t12-,15-/m0/s1. The summed E-state index contributed by atoms with van der Waals surface area (Å²) >= 11 is 0. The third kappa shape index (κ3) is 2.65. The average Bonchev–Trinajstić information content (AvgIpc) is 3.06. The van der Waals surface area contributed by atoms with Gasteiger partial charge in [-0.3, -0.25) is 4.90 Å². The lowest BCUT2D eigenvalue weighted by atomic mass is 9.95. The number of rotatable bonds is 2. The SMILES string of the molecule is CC(C)(C)N1CCC[C@H]1[C@]1(O)CC(c2ncccn2)=NO1. The molecule has 1 fully saturated rings. The van der Waals surface area contributed by atoms with E-state index in [4.69, 9.17) is 4.84 Å². The fourth-order valence-electron chi connectivity index (χ4n) is 3.22. The molecule has 2 aliphatic heterocycles. The highest BCUT2D eigenvalue weighted by Gasteiger charge is 2.51. The Morgan fingerprint density at radius 3 is 2.71 bits per heavy atom. The van der Waals surface area contributed by atoms with Gasteiger partial charge in [0.1, 0.15) is 5.71 Å². The van der Waals surface area contributed by atoms with Crippen molar-refractivity contribution in [1.29, 1.82) is 0 Å². The molecule has 3 rings (SSSR count). The fourth-order valence-corrected chi connectivity index (χ4v) is 3.22. The highest BCUT2D eigenvalue weighted by atomic mass is 16.7. The van der Waals surface area contributed by atoms with Crippen molar-refractivity contribution >= 4 is 5.71 Å². The van der Waals surface area contributed by atoms with Crippen molar-refractivity contribution in [2.45, 2.75) is 57.4 Å². The number of hydrogen-bond acceptors (Lipinski definition) is 6. The van der Waals surface area contributed by atoms with Gasteiger partial charge in [0, 0.05) is 17.9 Å². The molecule has 21 heavy (non-hydrogen) atoms. The van der Waals surface area contributed by atoms with Gasteiger partial charge < -0.3 is 9.94 Å². The molecule has 0 amide bonds. The lowest BCUT2D eigenvalue weighted by Gasteiger charge is -2.41. The quantitative estimate of drug-likeness (QED) is 0.895. The first kappa shape index (κ1) is 14.4. The largest absolute Gasteiger partial charge is 0.358 e. The van der Waals surface area contributed by atoms with Crippen LogP contribution in [-0.2, 0) is 4.84 Å². The summed E-state index contributed by atoms with van der Waals surface area (Å²) in [5.74, 6) is -0.757. The Hall–Kier alpha value is -1.53. The third-order valence-corrected chi connectivity index (χ3v) is 4.19. The normalized spacial score (nSPS) is 30.3. The third-order valence-electron chi connectivity index (χ3n) is 4.19. The van der Waals surface area contributed by atoms with E-state index in [9.17, 15) is 5.11 Å². The van der Waals surface area contributed by atoms with Crippen molar-refractivity contribution in [3.05, 3.63) is 24.3 Å². The summed E-state index contributed by atoms with van der Waals surface area (Å²) in [6.45, 7) is 7.44. The molecule has 114 valence electrons. The van der Waals surface area contributed by atoms with Gasteiger partial charge in [0.25, 0.3) is 5.79 Å². The zero-order chi connectivity index (χ0) is 15.1. The zero-order valence-electron chi connectivity index (χ0n) is 12.8. The Bertz CT molecular complexity index is 540. The van der Waals surface area contributed by atoms with E-state index < -0.39 is 5.79 Å². The highest BCUT2D eigenvalue weighted by Crippen LogP contribution is 2.38. The van der Waals surface area contributed by atoms with Crippen molar-refractivity contribution in [2.75, 3.05) is 6.54 Å². The first-order chi connectivity index (χ1) is 9.90. The van der Waals surface area contributed by atoms with Crippen LogP contribution in [0.5, 0.6) is 0 Å². The topological polar surface area (TPSA) is 70.8 Å². The molecule has 1 saturated heterocycles. The zero-order valence-corrected chi connectivity index (χ0v) is 12.8. The highest BCUT2D eigenvalue weighted by molar-refractivity contribution is 5.98. The van der Waals surface area contributed by atoms with Crippen LogP contribution in [0.15, 0.2) is 23.6 Å². The maximum Gasteiger partial charge on any atom is 0.255 e. The lowest BCUT2D eigenvalue weighted by Crippen LogP contribution is -2.55. The minimum absolute atomic E-state index is 0.00768. The molecule has 2 aliphatic rings. The molecule has 2 atom stereocenters. The first-order valence-electron chi connectivity index (χ1n) is 7.42. The predicted molar refractivity (Wildman–Crippen MR) is 78.7 cm³/mol. The summed E-state index contributed by atoms with van der Waals surface area (Å²) in [5.41, 5.74) is 0.602. The Morgan fingerprint density at radius 1 is 1.33 bits per heavy atom. The Morgan fingerprint density at radius 2 is 2.05 bits per heavy atom. The molecule has 0 aromatic carbocycles. The maximum absolute atomic E-state index is 10.9. The fraction of sp³-hybridized carbons (Fsp3) is 0.667. The maximum atomic E-state index is 10.9. The number of nitrogens with zero attached hydrogens (tertiary/aromatic N) is 4. The Kier molecular flexibility index (Phi) is 3.45. The van der Waals surface area contributed by atoms with Crippen molar-refractivity contribution in [3.8, 4) is 0 Å². The molecule has 0 aliphatic carbocycles. The Balaban J connectivity index is 1.79. The molecule has 1 aromatic rings. The number of hydrogen-bond donors (Lipinski definition) is 1. The summed E-state index contributed by atoms with van der Waals surface area (Å²) < 4.78 is 0. The molecule has 0 bridgehead atoms. The van der Waals surface area contributed by atoms with Gasteiger partial charge in [-0.05, 0) is 46.2 Å². The molecule has 6 heteroatoms. The number of aliphatic hydroxyl groups is 1. The van der Waals surface area contributed by atoms with Gasteiger partial charge in [-0.15, -0.1) is 0 Å². The van der Waals surface area contributed by atoms with Gasteiger partial charge in [0.05, 0.1) is 12.5 Å². The van der Waals surface area contributed by atoms with Crippen LogP contribution < -0.4 is 0 Å². The van der Waals surface area contributed by atoms with Gasteiger partial charge in [-0.25, -0.2) is 9.97 Å².